The van der Waals surface area contributed by atoms with Gasteiger partial charge in [-0.2, -0.15) is 0 Å². The van der Waals surface area contributed by atoms with Crippen molar-refractivity contribution in [2.45, 2.75) is 6.92 Å². The van der Waals surface area contributed by atoms with Crippen molar-refractivity contribution in [1.82, 2.24) is 4.98 Å². The van der Waals surface area contributed by atoms with Gasteiger partial charge in [0.1, 0.15) is 0 Å². The number of aromatic nitrogens is 1. The topological polar surface area (TPSA) is 15.8 Å². The number of allylic oxidation sites excluding steroid dienone is 3. The van der Waals surface area contributed by atoms with Gasteiger partial charge >= 0.3 is 76.0 Å². The molecule has 0 aliphatic heterocycles. The van der Waals surface area contributed by atoms with Crippen LogP contribution in [0.5, 0.6) is 0 Å². The molecule has 0 aromatic carbocycles. The van der Waals surface area contributed by atoms with Crippen LogP contribution in [0.2, 0.25) is 0 Å². The average molecular weight is 181 g/mol. The minimum atomic E-state index is -0.0608. The Kier molecular flexibility index (Phi) is 4.03. The fourth-order valence-corrected chi connectivity index (χ4v) is 1.89. The standard InChI is InChI=1S/C5H7.C4H4N.Ti/c1-3-5-4-2;1-2-4-5-3-1;/h1,3-5H,2H3;1-3,5H;. The Morgan fingerprint density at radius 2 is 2.36 bits per heavy atom. The van der Waals surface area contributed by atoms with Crippen molar-refractivity contribution < 1.29 is 19.2 Å². The van der Waals surface area contributed by atoms with Crippen molar-refractivity contribution in [3.05, 3.63) is 40.9 Å². The molecule has 0 saturated heterocycles. The van der Waals surface area contributed by atoms with Gasteiger partial charge in [-0.15, -0.1) is 0 Å². The molecule has 0 bridgehead atoms. The second-order valence-electron chi connectivity index (χ2n) is 2.11. The van der Waals surface area contributed by atoms with Crippen LogP contribution in [0.3, 0.4) is 0 Å². The van der Waals surface area contributed by atoms with Crippen LogP contribution in [0.4, 0.5) is 0 Å². The van der Waals surface area contributed by atoms with E-state index in [2.05, 4.69) is 27.6 Å². The Labute approximate surface area is 76.1 Å². The van der Waals surface area contributed by atoms with E-state index in [-0.39, 0.29) is 19.2 Å². The SMILES string of the molecule is CC=CC=[CH][Ti][c]1ccc[nH]1. The molecule has 0 spiro atoms. The van der Waals surface area contributed by atoms with Crippen molar-refractivity contribution >= 4 is 4.00 Å². The summed E-state index contributed by atoms with van der Waals surface area (Å²) >= 11 is -0.0608. The molecular formula is C9H11NTi. The number of H-pyrrole nitrogens is 1. The van der Waals surface area contributed by atoms with Crippen molar-refractivity contribution in [2.24, 2.45) is 0 Å². The van der Waals surface area contributed by atoms with Crippen LogP contribution in [0.1, 0.15) is 6.92 Å². The molecule has 0 radical (unpaired) electrons. The molecule has 56 valence electrons. The van der Waals surface area contributed by atoms with E-state index in [4.69, 9.17) is 0 Å². The Bertz CT molecular complexity index is 234. The van der Waals surface area contributed by atoms with Crippen LogP contribution in [-0.2, 0) is 19.2 Å². The van der Waals surface area contributed by atoms with Gasteiger partial charge in [-0.05, 0) is 0 Å². The molecular weight excluding hydrogens is 170 g/mol. The van der Waals surface area contributed by atoms with Crippen LogP contribution in [0.25, 0.3) is 0 Å². The third-order valence-electron chi connectivity index (χ3n) is 1.24. The maximum atomic E-state index is 3.19. The summed E-state index contributed by atoms with van der Waals surface area (Å²) in [5.41, 5.74) is 0. The van der Waals surface area contributed by atoms with Crippen molar-refractivity contribution in [1.29, 1.82) is 0 Å². The summed E-state index contributed by atoms with van der Waals surface area (Å²) in [6, 6.07) is 4.18. The molecule has 1 aromatic heterocycles. The van der Waals surface area contributed by atoms with E-state index in [0.29, 0.717) is 0 Å². The molecule has 1 N–H and O–H groups in total. The van der Waals surface area contributed by atoms with E-state index < -0.39 is 0 Å². The van der Waals surface area contributed by atoms with Gasteiger partial charge in [-0.3, -0.25) is 0 Å². The summed E-state index contributed by atoms with van der Waals surface area (Å²) in [6.07, 6.45) is 8.19. The Hall–Kier alpha value is -0.526. The molecule has 2 heteroatoms. The molecule has 0 aliphatic rings. The van der Waals surface area contributed by atoms with Gasteiger partial charge in [0, 0.05) is 0 Å². The van der Waals surface area contributed by atoms with Gasteiger partial charge in [-0.25, -0.2) is 0 Å². The summed E-state index contributed by atoms with van der Waals surface area (Å²) in [7, 11) is 0. The van der Waals surface area contributed by atoms with Crippen LogP contribution in [0, 0.1) is 0 Å². The zero-order valence-corrected chi connectivity index (χ0v) is 8.10. The van der Waals surface area contributed by atoms with E-state index in [0.717, 1.165) is 0 Å². The van der Waals surface area contributed by atoms with Crippen molar-refractivity contribution in [2.75, 3.05) is 0 Å². The summed E-state index contributed by atoms with van der Waals surface area (Å²) < 4.78 is 3.64. The molecule has 0 atom stereocenters. The zero-order chi connectivity index (χ0) is 7.94. The fourth-order valence-electron chi connectivity index (χ4n) is 0.725. The van der Waals surface area contributed by atoms with E-state index in [9.17, 15) is 0 Å². The number of hydrogen-bond acceptors (Lipinski definition) is 0. The summed E-state index contributed by atoms with van der Waals surface area (Å²) in [4.78, 5) is 3.19. The minimum absolute atomic E-state index is 0.0608. The molecule has 0 aliphatic carbocycles. The van der Waals surface area contributed by atoms with Crippen LogP contribution in [-0.4, -0.2) is 4.98 Å². The monoisotopic (exact) mass is 181 g/mol. The number of aromatic amines is 1. The Balaban J connectivity index is 2.34. The summed E-state index contributed by atoms with van der Waals surface area (Å²) in [6.45, 7) is 2.03. The molecule has 0 fully saturated rings. The second-order valence-corrected chi connectivity index (χ2v) is 3.93. The normalized spacial score (nSPS) is 11.4. The first-order chi connectivity index (χ1) is 5.43. The number of hydrogen-bond donors (Lipinski definition) is 1. The van der Waals surface area contributed by atoms with Gasteiger partial charge in [0.15, 0.2) is 0 Å². The first kappa shape index (κ1) is 8.57. The number of nitrogens with one attached hydrogen (secondary N) is 1. The third kappa shape index (κ3) is 3.40. The van der Waals surface area contributed by atoms with E-state index >= 15 is 0 Å². The van der Waals surface area contributed by atoms with Crippen molar-refractivity contribution in [3.8, 4) is 0 Å². The van der Waals surface area contributed by atoms with Gasteiger partial charge in [0.05, 0.1) is 0 Å². The van der Waals surface area contributed by atoms with Crippen LogP contribution in [0.15, 0.2) is 40.9 Å². The Morgan fingerprint density at radius 3 is 3.00 bits per heavy atom. The molecule has 11 heavy (non-hydrogen) atoms. The predicted octanol–water partition coefficient (Wildman–Crippen LogP) is 1.81. The van der Waals surface area contributed by atoms with Gasteiger partial charge in [0.2, 0.25) is 0 Å². The quantitative estimate of drug-likeness (QED) is 0.540. The Morgan fingerprint density at radius 1 is 1.45 bits per heavy atom. The van der Waals surface area contributed by atoms with Gasteiger partial charge in [0.25, 0.3) is 0 Å². The van der Waals surface area contributed by atoms with E-state index in [1.54, 1.807) is 0 Å². The van der Waals surface area contributed by atoms with E-state index in [1.807, 2.05) is 25.3 Å². The van der Waals surface area contributed by atoms with Crippen LogP contribution < -0.4 is 4.00 Å². The molecule has 1 rings (SSSR count). The predicted molar refractivity (Wildman–Crippen MR) is 44.4 cm³/mol. The summed E-state index contributed by atoms with van der Waals surface area (Å²) in [5, 5.41) is 0. The molecule has 0 saturated carbocycles. The molecule has 1 nitrogen and oxygen atoms in total. The number of rotatable bonds is 3. The summed E-state index contributed by atoms with van der Waals surface area (Å²) in [5.74, 6) is 0. The molecule has 0 amide bonds. The van der Waals surface area contributed by atoms with Gasteiger partial charge < -0.3 is 0 Å². The first-order valence-corrected chi connectivity index (χ1v) is 5.29. The average Bonchev–Trinajstić information content (AvgIpc) is 2.50. The third-order valence-corrected chi connectivity index (χ3v) is 2.77. The van der Waals surface area contributed by atoms with Gasteiger partial charge in [-0.1, -0.05) is 0 Å². The van der Waals surface area contributed by atoms with Crippen LogP contribution >= 0.6 is 0 Å². The van der Waals surface area contributed by atoms with E-state index in [1.165, 1.54) is 4.00 Å². The van der Waals surface area contributed by atoms with Crippen molar-refractivity contribution in [3.63, 3.8) is 0 Å². The second kappa shape index (κ2) is 5.17. The molecule has 1 aromatic rings. The molecule has 0 unspecified atom stereocenters. The zero-order valence-electron chi connectivity index (χ0n) is 6.54. The molecule has 1 heterocycles. The first-order valence-electron chi connectivity index (χ1n) is 3.61. The fraction of sp³-hybridized carbons (Fsp3) is 0.111. The maximum absolute atomic E-state index is 3.19.